The standard InChI is InChI=1S/C13H24ClN3/c1-5-8-10(15-7-3)9-12-13(14)11(6-2)16-17(12)4/h10,15H,5-9H2,1-4H3. The van der Waals surface area contributed by atoms with Crippen LogP contribution in [0.2, 0.25) is 5.02 Å². The Morgan fingerprint density at radius 1 is 1.35 bits per heavy atom. The number of hydrogen-bond acceptors (Lipinski definition) is 2. The fourth-order valence-electron chi connectivity index (χ4n) is 2.19. The van der Waals surface area contributed by atoms with Gasteiger partial charge in [-0.3, -0.25) is 4.68 Å². The van der Waals surface area contributed by atoms with E-state index in [0.29, 0.717) is 6.04 Å². The summed E-state index contributed by atoms with van der Waals surface area (Å²) in [4.78, 5) is 0. The minimum atomic E-state index is 0.502. The van der Waals surface area contributed by atoms with Gasteiger partial charge in [0.15, 0.2) is 0 Å². The smallest absolute Gasteiger partial charge is 0.0850 e. The topological polar surface area (TPSA) is 29.9 Å². The molecule has 1 N–H and O–H groups in total. The third-order valence-corrected chi connectivity index (χ3v) is 3.51. The molecule has 1 aromatic heterocycles. The lowest BCUT2D eigenvalue weighted by Crippen LogP contribution is -2.31. The number of halogens is 1. The summed E-state index contributed by atoms with van der Waals surface area (Å²) in [6.45, 7) is 7.45. The highest BCUT2D eigenvalue weighted by Crippen LogP contribution is 2.22. The Labute approximate surface area is 110 Å². The summed E-state index contributed by atoms with van der Waals surface area (Å²) in [6, 6.07) is 0.502. The summed E-state index contributed by atoms with van der Waals surface area (Å²) >= 11 is 6.36. The van der Waals surface area contributed by atoms with Gasteiger partial charge in [0.05, 0.1) is 16.4 Å². The average Bonchev–Trinajstić information content (AvgIpc) is 2.57. The van der Waals surface area contributed by atoms with Crippen molar-refractivity contribution in [2.24, 2.45) is 7.05 Å². The lowest BCUT2D eigenvalue weighted by Gasteiger charge is -2.17. The number of aromatic nitrogens is 2. The van der Waals surface area contributed by atoms with E-state index in [4.69, 9.17) is 11.6 Å². The zero-order chi connectivity index (χ0) is 12.8. The minimum Gasteiger partial charge on any atom is -0.314 e. The van der Waals surface area contributed by atoms with Crippen LogP contribution in [0.1, 0.15) is 45.0 Å². The van der Waals surface area contributed by atoms with Crippen molar-refractivity contribution in [2.45, 2.75) is 52.5 Å². The van der Waals surface area contributed by atoms with Crippen LogP contribution >= 0.6 is 11.6 Å². The zero-order valence-corrected chi connectivity index (χ0v) is 12.1. The van der Waals surface area contributed by atoms with E-state index in [1.165, 1.54) is 12.8 Å². The van der Waals surface area contributed by atoms with Gasteiger partial charge >= 0.3 is 0 Å². The fraction of sp³-hybridized carbons (Fsp3) is 0.769. The number of likely N-dealkylation sites (N-methyl/N-ethyl adjacent to an activating group) is 1. The monoisotopic (exact) mass is 257 g/mol. The Hall–Kier alpha value is -0.540. The third kappa shape index (κ3) is 3.71. The van der Waals surface area contributed by atoms with Crippen LogP contribution in [0.15, 0.2) is 0 Å². The third-order valence-electron chi connectivity index (χ3n) is 3.07. The molecule has 0 aromatic carbocycles. The maximum atomic E-state index is 6.36. The van der Waals surface area contributed by atoms with E-state index in [1.807, 2.05) is 11.7 Å². The molecule has 0 saturated carbocycles. The molecule has 0 fully saturated rings. The molecule has 1 heterocycles. The van der Waals surface area contributed by atoms with E-state index < -0.39 is 0 Å². The second kappa shape index (κ2) is 7.02. The van der Waals surface area contributed by atoms with E-state index >= 15 is 0 Å². The van der Waals surface area contributed by atoms with Crippen molar-refractivity contribution in [3.8, 4) is 0 Å². The fourth-order valence-corrected chi connectivity index (χ4v) is 2.56. The van der Waals surface area contributed by atoms with Crippen LogP contribution in [0.25, 0.3) is 0 Å². The molecular weight excluding hydrogens is 234 g/mol. The highest BCUT2D eigenvalue weighted by molar-refractivity contribution is 6.31. The molecule has 0 aliphatic heterocycles. The van der Waals surface area contributed by atoms with E-state index in [1.54, 1.807) is 0 Å². The van der Waals surface area contributed by atoms with Crippen LogP contribution in [0.4, 0.5) is 0 Å². The quantitative estimate of drug-likeness (QED) is 0.814. The SMILES string of the molecule is CCCC(Cc1c(Cl)c(CC)nn1C)NCC. The van der Waals surface area contributed by atoms with Crippen LogP contribution in [0, 0.1) is 0 Å². The van der Waals surface area contributed by atoms with Crippen LogP contribution in [0.3, 0.4) is 0 Å². The summed E-state index contributed by atoms with van der Waals surface area (Å²) in [5.74, 6) is 0. The van der Waals surface area contributed by atoms with E-state index in [0.717, 1.165) is 35.8 Å². The maximum absolute atomic E-state index is 6.36. The Balaban J connectivity index is 2.80. The van der Waals surface area contributed by atoms with Crippen molar-refractivity contribution < 1.29 is 0 Å². The van der Waals surface area contributed by atoms with Gasteiger partial charge in [-0.05, 0) is 19.4 Å². The Bertz CT molecular complexity index is 341. The van der Waals surface area contributed by atoms with E-state index in [-0.39, 0.29) is 0 Å². The summed E-state index contributed by atoms with van der Waals surface area (Å²) in [5.41, 5.74) is 2.17. The van der Waals surface area contributed by atoms with Gasteiger partial charge in [0.2, 0.25) is 0 Å². The highest BCUT2D eigenvalue weighted by Gasteiger charge is 2.16. The van der Waals surface area contributed by atoms with Crippen molar-refractivity contribution in [2.75, 3.05) is 6.54 Å². The molecule has 0 bridgehead atoms. The molecule has 0 aliphatic carbocycles. The van der Waals surface area contributed by atoms with Gasteiger partial charge in [-0.1, -0.05) is 38.8 Å². The lowest BCUT2D eigenvalue weighted by atomic mass is 10.1. The first-order valence-corrected chi connectivity index (χ1v) is 6.95. The number of nitrogens with zero attached hydrogens (tertiary/aromatic N) is 2. The van der Waals surface area contributed by atoms with Crippen LogP contribution in [0.5, 0.6) is 0 Å². The number of hydrogen-bond donors (Lipinski definition) is 1. The molecule has 0 aliphatic rings. The van der Waals surface area contributed by atoms with Gasteiger partial charge in [-0.25, -0.2) is 0 Å². The summed E-state index contributed by atoms with van der Waals surface area (Å²) in [5, 5.41) is 8.83. The molecule has 98 valence electrons. The van der Waals surface area contributed by atoms with Crippen molar-refractivity contribution in [1.82, 2.24) is 15.1 Å². The first-order valence-electron chi connectivity index (χ1n) is 6.57. The molecule has 4 heteroatoms. The molecule has 1 unspecified atom stereocenters. The second-order valence-corrected chi connectivity index (χ2v) is 4.81. The van der Waals surface area contributed by atoms with Crippen molar-refractivity contribution in [3.63, 3.8) is 0 Å². The van der Waals surface area contributed by atoms with Crippen LogP contribution in [-0.4, -0.2) is 22.4 Å². The van der Waals surface area contributed by atoms with Gasteiger partial charge in [-0.15, -0.1) is 0 Å². The minimum absolute atomic E-state index is 0.502. The van der Waals surface area contributed by atoms with Crippen molar-refractivity contribution >= 4 is 11.6 Å². The molecule has 1 rings (SSSR count). The number of rotatable bonds is 7. The van der Waals surface area contributed by atoms with Gasteiger partial charge in [-0.2, -0.15) is 5.10 Å². The molecule has 0 spiro atoms. The molecule has 0 saturated heterocycles. The van der Waals surface area contributed by atoms with Crippen molar-refractivity contribution in [3.05, 3.63) is 16.4 Å². The van der Waals surface area contributed by atoms with Crippen LogP contribution < -0.4 is 5.32 Å². The van der Waals surface area contributed by atoms with E-state index in [2.05, 4.69) is 31.2 Å². The molecule has 0 amide bonds. The second-order valence-electron chi connectivity index (χ2n) is 4.43. The Morgan fingerprint density at radius 2 is 2.06 bits per heavy atom. The highest BCUT2D eigenvalue weighted by atomic mass is 35.5. The predicted molar refractivity (Wildman–Crippen MR) is 73.7 cm³/mol. The first-order chi connectivity index (χ1) is 8.13. The normalized spacial score (nSPS) is 13.0. The first kappa shape index (κ1) is 14.5. The van der Waals surface area contributed by atoms with Gasteiger partial charge in [0.25, 0.3) is 0 Å². The molecular formula is C13H24ClN3. The average molecular weight is 258 g/mol. The molecule has 17 heavy (non-hydrogen) atoms. The lowest BCUT2D eigenvalue weighted by molar-refractivity contribution is 0.473. The number of aryl methyl sites for hydroxylation is 2. The molecule has 1 aromatic rings. The molecule has 1 atom stereocenters. The van der Waals surface area contributed by atoms with E-state index in [9.17, 15) is 0 Å². The summed E-state index contributed by atoms with van der Waals surface area (Å²) < 4.78 is 1.93. The van der Waals surface area contributed by atoms with Crippen LogP contribution in [-0.2, 0) is 19.9 Å². The summed E-state index contributed by atoms with van der Waals surface area (Å²) in [7, 11) is 1.98. The molecule has 0 radical (unpaired) electrons. The maximum Gasteiger partial charge on any atom is 0.0850 e. The zero-order valence-electron chi connectivity index (χ0n) is 11.4. The molecule has 3 nitrogen and oxygen atoms in total. The van der Waals surface area contributed by atoms with Crippen molar-refractivity contribution in [1.29, 1.82) is 0 Å². The largest absolute Gasteiger partial charge is 0.314 e. The predicted octanol–water partition coefficient (Wildman–Crippen LogP) is 2.96. The van der Waals surface area contributed by atoms with Gasteiger partial charge in [0, 0.05) is 19.5 Å². The Kier molecular flexibility index (Phi) is 6.00. The van der Waals surface area contributed by atoms with Gasteiger partial charge < -0.3 is 5.32 Å². The number of nitrogens with one attached hydrogen (secondary N) is 1. The van der Waals surface area contributed by atoms with Gasteiger partial charge in [0.1, 0.15) is 0 Å². The Morgan fingerprint density at radius 3 is 2.53 bits per heavy atom. The summed E-state index contributed by atoms with van der Waals surface area (Å²) in [6.07, 6.45) is 4.22.